The number of halogens is 2. The predicted molar refractivity (Wildman–Crippen MR) is 60.4 cm³/mol. The quantitative estimate of drug-likeness (QED) is 0.313. The fourth-order valence-electron chi connectivity index (χ4n) is 1.11. The minimum atomic E-state index is 0.589. The summed E-state index contributed by atoms with van der Waals surface area (Å²) in [6.45, 7) is 1.41. The standard InChI is InChI=1S/C9H13Cl2N3/c10-8-2-1-7(9(11)5-8)3-4-13-6-14-12/h1-2,5,13-14H,3-4,6,12H2. The molecule has 0 aromatic heterocycles. The van der Waals surface area contributed by atoms with Crippen molar-refractivity contribution >= 4 is 23.2 Å². The number of nitrogens with two attached hydrogens (primary N) is 1. The van der Waals surface area contributed by atoms with Crippen LogP contribution in [0.15, 0.2) is 18.2 Å². The molecule has 14 heavy (non-hydrogen) atoms. The van der Waals surface area contributed by atoms with Crippen LogP contribution in [0.5, 0.6) is 0 Å². The molecule has 0 radical (unpaired) electrons. The van der Waals surface area contributed by atoms with Gasteiger partial charge < -0.3 is 5.32 Å². The van der Waals surface area contributed by atoms with Crippen LogP contribution in [0.25, 0.3) is 0 Å². The summed E-state index contributed by atoms with van der Waals surface area (Å²) < 4.78 is 0. The van der Waals surface area contributed by atoms with Gasteiger partial charge in [-0.05, 0) is 24.1 Å². The Balaban J connectivity index is 2.42. The molecule has 1 aromatic carbocycles. The lowest BCUT2D eigenvalue weighted by molar-refractivity contribution is 0.602. The van der Waals surface area contributed by atoms with Gasteiger partial charge in [-0.2, -0.15) is 0 Å². The number of nitrogens with one attached hydrogen (secondary N) is 2. The second-order valence-corrected chi connectivity index (χ2v) is 3.71. The van der Waals surface area contributed by atoms with Crippen molar-refractivity contribution in [3.8, 4) is 0 Å². The van der Waals surface area contributed by atoms with Gasteiger partial charge in [0.1, 0.15) is 0 Å². The van der Waals surface area contributed by atoms with Crippen molar-refractivity contribution in [3.05, 3.63) is 33.8 Å². The van der Waals surface area contributed by atoms with Gasteiger partial charge in [0.2, 0.25) is 0 Å². The average molecular weight is 234 g/mol. The summed E-state index contributed by atoms with van der Waals surface area (Å²) in [4.78, 5) is 0. The fraction of sp³-hybridized carbons (Fsp3) is 0.333. The molecule has 0 aliphatic carbocycles. The summed E-state index contributed by atoms with van der Waals surface area (Å²) in [5, 5.41) is 4.47. The number of hydrogen-bond donors (Lipinski definition) is 3. The molecule has 5 heteroatoms. The number of hydrazine groups is 1. The lowest BCUT2D eigenvalue weighted by Crippen LogP contribution is -2.34. The molecule has 0 saturated carbocycles. The van der Waals surface area contributed by atoms with Crippen LogP contribution in [0.2, 0.25) is 10.0 Å². The maximum absolute atomic E-state index is 5.99. The molecule has 0 aliphatic rings. The molecule has 0 atom stereocenters. The van der Waals surface area contributed by atoms with E-state index in [1.165, 1.54) is 0 Å². The summed E-state index contributed by atoms with van der Waals surface area (Å²) in [6.07, 6.45) is 0.859. The van der Waals surface area contributed by atoms with E-state index in [0.29, 0.717) is 16.7 Å². The largest absolute Gasteiger partial charge is 0.303 e. The first-order chi connectivity index (χ1) is 6.74. The first-order valence-corrected chi connectivity index (χ1v) is 5.07. The first-order valence-electron chi connectivity index (χ1n) is 4.32. The minimum Gasteiger partial charge on any atom is -0.303 e. The van der Waals surface area contributed by atoms with Crippen molar-refractivity contribution in [1.29, 1.82) is 0 Å². The third kappa shape index (κ3) is 3.82. The number of hydrogen-bond acceptors (Lipinski definition) is 3. The van der Waals surface area contributed by atoms with Gasteiger partial charge in [-0.3, -0.25) is 5.84 Å². The van der Waals surface area contributed by atoms with Gasteiger partial charge in [-0.15, -0.1) is 0 Å². The van der Waals surface area contributed by atoms with Gasteiger partial charge in [0, 0.05) is 16.6 Å². The normalized spacial score (nSPS) is 10.5. The van der Waals surface area contributed by atoms with E-state index in [2.05, 4.69) is 10.7 Å². The van der Waals surface area contributed by atoms with Crippen LogP contribution in [-0.2, 0) is 6.42 Å². The molecule has 0 saturated heterocycles. The Labute approximate surface area is 93.5 Å². The fourth-order valence-corrected chi connectivity index (χ4v) is 1.61. The van der Waals surface area contributed by atoms with Crippen molar-refractivity contribution in [2.24, 2.45) is 5.84 Å². The Kier molecular flexibility index (Phi) is 5.22. The van der Waals surface area contributed by atoms with Crippen LogP contribution in [-0.4, -0.2) is 13.2 Å². The molecule has 0 heterocycles. The molecule has 0 spiro atoms. The summed E-state index contributed by atoms with van der Waals surface area (Å²) in [5.74, 6) is 5.10. The molecule has 0 fully saturated rings. The van der Waals surface area contributed by atoms with Gasteiger partial charge in [-0.25, -0.2) is 5.43 Å². The summed E-state index contributed by atoms with van der Waals surface area (Å²) in [6, 6.07) is 5.52. The molecule has 0 bridgehead atoms. The van der Waals surface area contributed by atoms with Gasteiger partial charge >= 0.3 is 0 Å². The Hall–Kier alpha value is -0.320. The SMILES string of the molecule is NNCNCCc1ccc(Cl)cc1Cl. The van der Waals surface area contributed by atoms with Gasteiger partial charge in [0.05, 0.1) is 6.67 Å². The number of benzene rings is 1. The summed E-state index contributed by atoms with van der Waals surface area (Å²) in [5.41, 5.74) is 3.60. The van der Waals surface area contributed by atoms with Crippen LogP contribution >= 0.6 is 23.2 Å². The van der Waals surface area contributed by atoms with Gasteiger partial charge in [-0.1, -0.05) is 29.3 Å². The third-order valence-corrected chi connectivity index (χ3v) is 2.40. The third-order valence-electron chi connectivity index (χ3n) is 1.81. The van der Waals surface area contributed by atoms with Crippen LogP contribution in [0.4, 0.5) is 0 Å². The van der Waals surface area contributed by atoms with E-state index < -0.39 is 0 Å². The summed E-state index contributed by atoms with van der Waals surface area (Å²) in [7, 11) is 0. The van der Waals surface area contributed by atoms with E-state index in [9.17, 15) is 0 Å². The second kappa shape index (κ2) is 6.22. The molecule has 0 unspecified atom stereocenters. The van der Waals surface area contributed by atoms with E-state index in [0.717, 1.165) is 18.5 Å². The smallest absolute Gasteiger partial charge is 0.0587 e. The van der Waals surface area contributed by atoms with Crippen molar-refractivity contribution in [2.75, 3.05) is 13.2 Å². The maximum Gasteiger partial charge on any atom is 0.0587 e. The zero-order chi connectivity index (χ0) is 10.4. The molecule has 78 valence electrons. The van der Waals surface area contributed by atoms with E-state index in [4.69, 9.17) is 29.0 Å². The highest BCUT2D eigenvalue weighted by molar-refractivity contribution is 6.35. The highest BCUT2D eigenvalue weighted by atomic mass is 35.5. The van der Waals surface area contributed by atoms with Crippen molar-refractivity contribution < 1.29 is 0 Å². The molecule has 4 N–H and O–H groups in total. The van der Waals surface area contributed by atoms with E-state index >= 15 is 0 Å². The first kappa shape index (κ1) is 11.8. The average Bonchev–Trinajstić information content (AvgIpc) is 2.15. The van der Waals surface area contributed by atoms with Crippen LogP contribution < -0.4 is 16.6 Å². The molecule has 1 rings (SSSR count). The van der Waals surface area contributed by atoms with E-state index in [1.54, 1.807) is 6.07 Å². The van der Waals surface area contributed by atoms with Crippen LogP contribution in [0.1, 0.15) is 5.56 Å². The Morgan fingerprint density at radius 2 is 2.07 bits per heavy atom. The minimum absolute atomic E-state index is 0.589. The molecule has 0 amide bonds. The van der Waals surface area contributed by atoms with Crippen LogP contribution in [0.3, 0.4) is 0 Å². The predicted octanol–water partition coefficient (Wildman–Crippen LogP) is 1.55. The Morgan fingerprint density at radius 1 is 1.29 bits per heavy atom. The molecular formula is C9H13Cl2N3. The molecule has 0 aliphatic heterocycles. The zero-order valence-electron chi connectivity index (χ0n) is 7.69. The Bertz CT molecular complexity index is 291. The van der Waals surface area contributed by atoms with Gasteiger partial charge in [0.25, 0.3) is 0 Å². The van der Waals surface area contributed by atoms with Gasteiger partial charge in [0.15, 0.2) is 0 Å². The summed E-state index contributed by atoms with van der Waals surface area (Å²) >= 11 is 11.8. The molecule has 1 aromatic rings. The van der Waals surface area contributed by atoms with E-state index in [1.807, 2.05) is 12.1 Å². The highest BCUT2D eigenvalue weighted by Crippen LogP contribution is 2.20. The van der Waals surface area contributed by atoms with Crippen molar-refractivity contribution in [3.63, 3.8) is 0 Å². The molecular weight excluding hydrogens is 221 g/mol. The lowest BCUT2D eigenvalue weighted by atomic mass is 10.1. The zero-order valence-corrected chi connectivity index (χ0v) is 9.20. The maximum atomic E-state index is 5.99. The molecule has 3 nitrogen and oxygen atoms in total. The van der Waals surface area contributed by atoms with Crippen molar-refractivity contribution in [1.82, 2.24) is 10.7 Å². The Morgan fingerprint density at radius 3 is 2.71 bits per heavy atom. The monoisotopic (exact) mass is 233 g/mol. The van der Waals surface area contributed by atoms with Crippen LogP contribution in [0, 0.1) is 0 Å². The van der Waals surface area contributed by atoms with E-state index in [-0.39, 0.29) is 0 Å². The second-order valence-electron chi connectivity index (χ2n) is 2.87. The van der Waals surface area contributed by atoms with Crippen molar-refractivity contribution in [2.45, 2.75) is 6.42 Å². The highest BCUT2D eigenvalue weighted by Gasteiger charge is 2.00. The number of rotatable bonds is 5. The lowest BCUT2D eigenvalue weighted by Gasteiger charge is -2.05. The topological polar surface area (TPSA) is 50.1 Å².